The van der Waals surface area contributed by atoms with Gasteiger partial charge in [0.15, 0.2) is 0 Å². The Morgan fingerprint density at radius 2 is 2.28 bits per heavy atom. The predicted molar refractivity (Wildman–Crippen MR) is 75.7 cm³/mol. The van der Waals surface area contributed by atoms with E-state index in [-0.39, 0.29) is 0 Å². The Bertz CT molecular complexity index is 406. The summed E-state index contributed by atoms with van der Waals surface area (Å²) in [6, 6.07) is 0. The van der Waals surface area contributed by atoms with E-state index in [1.807, 2.05) is 25.2 Å². The van der Waals surface area contributed by atoms with Crippen LogP contribution in [0.2, 0.25) is 0 Å². The van der Waals surface area contributed by atoms with Crippen molar-refractivity contribution in [3.8, 4) is 0 Å². The van der Waals surface area contributed by atoms with Crippen molar-refractivity contribution in [1.82, 2.24) is 14.9 Å². The van der Waals surface area contributed by atoms with Crippen molar-refractivity contribution in [3.63, 3.8) is 0 Å². The molecule has 2 rings (SSSR count). The van der Waals surface area contributed by atoms with Gasteiger partial charge in [0.2, 0.25) is 5.95 Å². The van der Waals surface area contributed by atoms with Crippen LogP contribution in [-0.4, -0.2) is 30.2 Å². The first-order valence-corrected chi connectivity index (χ1v) is 6.72. The molecule has 1 unspecified atom stereocenters. The molecule has 1 N–H and O–H groups in total. The number of imidazole rings is 1. The number of hydrogen-bond donors (Lipinski definition) is 1. The zero-order chi connectivity index (χ0) is 13.0. The van der Waals surface area contributed by atoms with Crippen molar-refractivity contribution in [1.29, 1.82) is 0 Å². The van der Waals surface area contributed by atoms with E-state index in [2.05, 4.69) is 34.1 Å². The molecule has 18 heavy (non-hydrogen) atoms. The van der Waals surface area contributed by atoms with E-state index < -0.39 is 0 Å². The van der Waals surface area contributed by atoms with Crippen LogP contribution < -0.4 is 10.2 Å². The second kappa shape index (κ2) is 6.05. The molecule has 0 saturated heterocycles. The van der Waals surface area contributed by atoms with Crippen LogP contribution in [0.25, 0.3) is 0 Å². The number of nitrogens with zero attached hydrogens (tertiary/aromatic N) is 3. The quantitative estimate of drug-likeness (QED) is 0.808. The summed E-state index contributed by atoms with van der Waals surface area (Å²) in [5.74, 6) is 1.81. The Labute approximate surface area is 110 Å². The minimum atomic E-state index is 0.802. The second-order valence-electron chi connectivity index (χ2n) is 5.28. The van der Waals surface area contributed by atoms with Crippen LogP contribution in [0.3, 0.4) is 0 Å². The lowest BCUT2D eigenvalue weighted by atomic mass is 9.94. The highest BCUT2D eigenvalue weighted by Crippen LogP contribution is 2.17. The summed E-state index contributed by atoms with van der Waals surface area (Å²) in [7, 11) is 6.12. The zero-order valence-corrected chi connectivity index (χ0v) is 11.7. The van der Waals surface area contributed by atoms with Gasteiger partial charge in [-0.2, -0.15) is 0 Å². The van der Waals surface area contributed by atoms with Crippen molar-refractivity contribution < 1.29 is 0 Å². The Hall–Kier alpha value is -1.29. The molecule has 1 aromatic heterocycles. The van der Waals surface area contributed by atoms with E-state index in [4.69, 9.17) is 0 Å². The first-order chi connectivity index (χ1) is 8.68. The molecule has 1 aliphatic carbocycles. The number of allylic oxidation sites excluding steroid dienone is 2. The Balaban J connectivity index is 1.81. The van der Waals surface area contributed by atoms with Crippen molar-refractivity contribution in [3.05, 3.63) is 24.0 Å². The van der Waals surface area contributed by atoms with E-state index >= 15 is 0 Å². The fourth-order valence-corrected chi connectivity index (χ4v) is 2.46. The summed E-state index contributed by atoms with van der Waals surface area (Å²) < 4.78 is 2.15. The molecular formula is C14H24N4. The molecule has 0 fully saturated rings. The molecule has 4 heteroatoms. The third kappa shape index (κ3) is 3.13. The van der Waals surface area contributed by atoms with Gasteiger partial charge in [-0.3, -0.25) is 0 Å². The fourth-order valence-electron chi connectivity index (χ4n) is 2.46. The second-order valence-corrected chi connectivity index (χ2v) is 5.28. The average Bonchev–Trinajstić information content (AvgIpc) is 2.73. The highest BCUT2D eigenvalue weighted by Gasteiger charge is 2.11. The molecule has 0 amide bonds. The van der Waals surface area contributed by atoms with Crippen LogP contribution in [0.15, 0.2) is 18.3 Å². The molecule has 100 valence electrons. The van der Waals surface area contributed by atoms with E-state index in [0.717, 1.165) is 25.0 Å². The number of rotatable bonds is 5. The third-order valence-electron chi connectivity index (χ3n) is 3.58. The summed E-state index contributed by atoms with van der Waals surface area (Å²) in [5, 5.41) is 3.55. The van der Waals surface area contributed by atoms with Crippen LogP contribution in [0.1, 0.15) is 25.0 Å². The van der Waals surface area contributed by atoms with Gasteiger partial charge in [-0.15, -0.1) is 0 Å². The molecule has 0 spiro atoms. The molecule has 0 bridgehead atoms. The van der Waals surface area contributed by atoms with Gasteiger partial charge in [0.05, 0.1) is 11.9 Å². The first-order valence-electron chi connectivity index (χ1n) is 6.72. The zero-order valence-electron chi connectivity index (χ0n) is 11.7. The Morgan fingerprint density at radius 1 is 1.44 bits per heavy atom. The van der Waals surface area contributed by atoms with Gasteiger partial charge < -0.3 is 14.8 Å². The molecular weight excluding hydrogens is 224 g/mol. The first kappa shape index (κ1) is 13.1. The lowest BCUT2D eigenvalue weighted by Gasteiger charge is -2.18. The van der Waals surface area contributed by atoms with Gasteiger partial charge in [-0.25, -0.2) is 4.98 Å². The van der Waals surface area contributed by atoms with Gasteiger partial charge in [0.25, 0.3) is 0 Å². The van der Waals surface area contributed by atoms with Crippen molar-refractivity contribution in [2.75, 3.05) is 25.5 Å². The molecule has 1 heterocycles. The van der Waals surface area contributed by atoms with Gasteiger partial charge >= 0.3 is 0 Å². The van der Waals surface area contributed by atoms with E-state index in [1.54, 1.807) is 0 Å². The summed E-state index contributed by atoms with van der Waals surface area (Å²) >= 11 is 0. The topological polar surface area (TPSA) is 33.1 Å². The molecule has 1 aliphatic rings. The van der Waals surface area contributed by atoms with E-state index in [0.29, 0.717) is 0 Å². The van der Waals surface area contributed by atoms with Crippen molar-refractivity contribution in [2.24, 2.45) is 13.0 Å². The van der Waals surface area contributed by atoms with Crippen LogP contribution in [-0.2, 0) is 13.6 Å². The number of nitrogens with one attached hydrogen (secondary N) is 1. The van der Waals surface area contributed by atoms with E-state index in [9.17, 15) is 0 Å². The molecule has 0 saturated carbocycles. The maximum Gasteiger partial charge on any atom is 0.204 e. The maximum absolute atomic E-state index is 4.42. The van der Waals surface area contributed by atoms with Crippen LogP contribution in [0.4, 0.5) is 5.95 Å². The minimum Gasteiger partial charge on any atom is -0.348 e. The summed E-state index contributed by atoms with van der Waals surface area (Å²) in [6.45, 7) is 2.00. The number of aromatic nitrogens is 2. The molecule has 4 nitrogen and oxygen atoms in total. The van der Waals surface area contributed by atoms with Crippen molar-refractivity contribution in [2.45, 2.75) is 25.8 Å². The fraction of sp³-hybridized carbons (Fsp3) is 0.643. The molecule has 1 atom stereocenters. The van der Waals surface area contributed by atoms with Gasteiger partial charge in [0, 0.05) is 27.7 Å². The highest BCUT2D eigenvalue weighted by atomic mass is 15.3. The smallest absolute Gasteiger partial charge is 0.204 e. The van der Waals surface area contributed by atoms with Gasteiger partial charge in [-0.05, 0) is 31.7 Å². The minimum absolute atomic E-state index is 0.802. The lowest BCUT2D eigenvalue weighted by molar-refractivity contribution is 0.437. The predicted octanol–water partition coefficient (Wildman–Crippen LogP) is 1.93. The normalized spacial score (nSPS) is 19.2. The SMILES string of the molecule is CN(C)c1ncc(CNCC2CC=CCC2)n1C. The molecule has 0 aliphatic heterocycles. The number of hydrogen-bond acceptors (Lipinski definition) is 3. The highest BCUT2D eigenvalue weighted by molar-refractivity contribution is 5.30. The molecule has 0 radical (unpaired) electrons. The monoisotopic (exact) mass is 248 g/mol. The summed E-state index contributed by atoms with van der Waals surface area (Å²) in [6.07, 6.45) is 10.3. The molecule has 1 aromatic rings. The summed E-state index contributed by atoms with van der Waals surface area (Å²) in [4.78, 5) is 6.46. The van der Waals surface area contributed by atoms with Gasteiger partial charge in [-0.1, -0.05) is 12.2 Å². The van der Waals surface area contributed by atoms with Crippen molar-refractivity contribution >= 4 is 5.95 Å². The third-order valence-corrected chi connectivity index (χ3v) is 3.58. The summed E-state index contributed by atoms with van der Waals surface area (Å²) in [5.41, 5.74) is 1.24. The standard InChI is InChI=1S/C14H24N4/c1-17(2)14-16-11-13(18(14)3)10-15-9-12-7-5-4-6-8-12/h4-5,11-12,15H,6-10H2,1-3H3. The van der Waals surface area contributed by atoms with Crippen LogP contribution in [0.5, 0.6) is 0 Å². The van der Waals surface area contributed by atoms with Crippen LogP contribution >= 0.6 is 0 Å². The average molecular weight is 248 g/mol. The largest absolute Gasteiger partial charge is 0.348 e. The number of anilines is 1. The van der Waals surface area contributed by atoms with Gasteiger partial charge in [0.1, 0.15) is 0 Å². The lowest BCUT2D eigenvalue weighted by Crippen LogP contribution is -2.24. The van der Waals surface area contributed by atoms with Crippen LogP contribution in [0, 0.1) is 5.92 Å². The Morgan fingerprint density at radius 3 is 2.89 bits per heavy atom. The van der Waals surface area contributed by atoms with E-state index in [1.165, 1.54) is 25.0 Å². The Kier molecular flexibility index (Phi) is 4.42. The molecule has 0 aromatic carbocycles. The maximum atomic E-state index is 4.42.